The van der Waals surface area contributed by atoms with Gasteiger partial charge in [0.2, 0.25) is 0 Å². The van der Waals surface area contributed by atoms with Crippen LogP contribution in [0.25, 0.3) is 0 Å². The largest absolute Gasteiger partial charge is 0.367 e. The summed E-state index contributed by atoms with van der Waals surface area (Å²) in [5.74, 6) is 1.16. The van der Waals surface area contributed by atoms with E-state index in [0.717, 1.165) is 36.5 Å². The number of hydrogen-bond donors (Lipinski definition) is 1. The van der Waals surface area contributed by atoms with Gasteiger partial charge in [0.05, 0.1) is 0 Å². The molecule has 0 bridgehead atoms. The molecule has 0 atom stereocenters. The molecule has 3 aliphatic rings. The third kappa shape index (κ3) is 3.78. The summed E-state index contributed by atoms with van der Waals surface area (Å²) in [6.07, 6.45) is 12.9. The number of dihydropyridines is 1. The molecule has 2 fully saturated rings. The molecule has 0 aromatic carbocycles. The van der Waals surface area contributed by atoms with Gasteiger partial charge in [0.15, 0.2) is 0 Å². The van der Waals surface area contributed by atoms with E-state index in [1.807, 2.05) is 18.3 Å². The standard InChI is InChI=1S/C19H25N4S/c1-2-10-20-19(7-1)24-17-8-9-18(21-15-17)23-12-4-11-22(13-14-23)16-5-3-6-16/h1-2,7-8,10,16,21H,3-6,11-15H2. The summed E-state index contributed by atoms with van der Waals surface area (Å²) in [6, 6.07) is 6.90. The molecule has 4 nitrogen and oxygen atoms in total. The van der Waals surface area contributed by atoms with Gasteiger partial charge < -0.3 is 10.2 Å². The van der Waals surface area contributed by atoms with E-state index in [1.54, 1.807) is 11.8 Å². The molecular weight excluding hydrogens is 316 g/mol. The first-order chi connectivity index (χ1) is 11.9. The van der Waals surface area contributed by atoms with Gasteiger partial charge in [-0.25, -0.2) is 4.98 Å². The summed E-state index contributed by atoms with van der Waals surface area (Å²) < 4.78 is 0. The lowest BCUT2D eigenvalue weighted by Crippen LogP contribution is -2.42. The Balaban J connectivity index is 1.35. The minimum Gasteiger partial charge on any atom is -0.367 e. The molecule has 5 heteroatoms. The molecule has 24 heavy (non-hydrogen) atoms. The lowest BCUT2D eigenvalue weighted by molar-refractivity contribution is 0.132. The van der Waals surface area contributed by atoms with Gasteiger partial charge in [-0.1, -0.05) is 24.2 Å². The summed E-state index contributed by atoms with van der Waals surface area (Å²) in [4.78, 5) is 10.8. The molecular formula is C19H25N4S. The molecule has 1 aromatic rings. The summed E-state index contributed by atoms with van der Waals surface area (Å²) in [5, 5.41) is 4.60. The van der Waals surface area contributed by atoms with E-state index >= 15 is 0 Å². The summed E-state index contributed by atoms with van der Waals surface area (Å²) in [5.41, 5.74) is 0. The molecule has 1 saturated heterocycles. The van der Waals surface area contributed by atoms with Crippen molar-refractivity contribution in [3.05, 3.63) is 47.3 Å². The molecule has 1 aliphatic carbocycles. The first-order valence-electron chi connectivity index (χ1n) is 9.03. The van der Waals surface area contributed by atoms with Crippen molar-refractivity contribution < 1.29 is 0 Å². The van der Waals surface area contributed by atoms with Gasteiger partial charge in [-0.3, -0.25) is 4.90 Å². The first-order valence-corrected chi connectivity index (χ1v) is 9.84. The molecule has 127 valence electrons. The number of nitrogens with zero attached hydrogens (tertiary/aromatic N) is 3. The highest BCUT2D eigenvalue weighted by Gasteiger charge is 2.27. The van der Waals surface area contributed by atoms with E-state index < -0.39 is 0 Å². The Hall–Kier alpha value is -1.46. The van der Waals surface area contributed by atoms with Gasteiger partial charge in [0.25, 0.3) is 0 Å². The Morgan fingerprint density at radius 3 is 2.79 bits per heavy atom. The zero-order valence-corrected chi connectivity index (χ0v) is 14.9. The first kappa shape index (κ1) is 16.0. The average molecular weight is 342 g/mol. The van der Waals surface area contributed by atoms with E-state index in [9.17, 15) is 0 Å². The van der Waals surface area contributed by atoms with E-state index in [2.05, 4.69) is 38.3 Å². The van der Waals surface area contributed by atoms with E-state index in [1.165, 1.54) is 43.7 Å². The zero-order valence-electron chi connectivity index (χ0n) is 14.1. The second kappa shape index (κ2) is 7.62. The molecule has 3 heterocycles. The van der Waals surface area contributed by atoms with Crippen LogP contribution in [0.15, 0.2) is 46.2 Å². The van der Waals surface area contributed by atoms with E-state index in [-0.39, 0.29) is 0 Å². The summed E-state index contributed by atoms with van der Waals surface area (Å²) >= 11 is 1.72. The monoisotopic (exact) mass is 341 g/mol. The van der Waals surface area contributed by atoms with Gasteiger partial charge in [-0.2, -0.15) is 0 Å². The highest BCUT2D eigenvalue weighted by atomic mass is 32.2. The Labute approximate surface area is 149 Å². The molecule has 0 amide bonds. The van der Waals surface area contributed by atoms with Gasteiger partial charge in [-0.05, 0) is 37.5 Å². The molecule has 1 aromatic heterocycles. The van der Waals surface area contributed by atoms with Crippen LogP contribution in [0.5, 0.6) is 0 Å². The van der Waals surface area contributed by atoms with Crippen molar-refractivity contribution in [1.29, 1.82) is 0 Å². The van der Waals surface area contributed by atoms with Gasteiger partial charge in [-0.15, -0.1) is 0 Å². The van der Waals surface area contributed by atoms with Crippen molar-refractivity contribution in [2.24, 2.45) is 0 Å². The van der Waals surface area contributed by atoms with Gasteiger partial charge in [0, 0.05) is 55.9 Å². The lowest BCUT2D eigenvalue weighted by Gasteiger charge is -2.37. The van der Waals surface area contributed by atoms with E-state index in [4.69, 9.17) is 0 Å². The van der Waals surface area contributed by atoms with Crippen LogP contribution in [0.4, 0.5) is 0 Å². The van der Waals surface area contributed by atoms with Crippen LogP contribution in [0, 0.1) is 6.08 Å². The summed E-state index contributed by atoms with van der Waals surface area (Å²) in [6.45, 7) is 5.56. The number of thioether (sulfide) groups is 1. The molecule has 4 rings (SSSR count). The number of rotatable bonds is 4. The molecule has 2 aliphatic heterocycles. The van der Waals surface area contributed by atoms with Crippen LogP contribution < -0.4 is 5.32 Å². The molecule has 0 spiro atoms. The van der Waals surface area contributed by atoms with Crippen molar-refractivity contribution >= 4 is 11.8 Å². The highest BCUT2D eigenvalue weighted by molar-refractivity contribution is 8.03. The predicted molar refractivity (Wildman–Crippen MR) is 98.3 cm³/mol. The minimum absolute atomic E-state index is 0.864. The zero-order chi connectivity index (χ0) is 16.2. The van der Waals surface area contributed by atoms with Crippen molar-refractivity contribution in [3.8, 4) is 0 Å². The fourth-order valence-electron chi connectivity index (χ4n) is 3.51. The van der Waals surface area contributed by atoms with Crippen LogP contribution in [0.3, 0.4) is 0 Å². The number of hydrogen-bond acceptors (Lipinski definition) is 5. The smallest absolute Gasteiger partial charge is 0.110 e. The number of aromatic nitrogens is 1. The third-order valence-electron chi connectivity index (χ3n) is 5.11. The second-order valence-corrected chi connectivity index (χ2v) is 7.84. The van der Waals surface area contributed by atoms with Crippen LogP contribution >= 0.6 is 11.8 Å². The van der Waals surface area contributed by atoms with Crippen molar-refractivity contribution in [2.75, 3.05) is 32.7 Å². The maximum Gasteiger partial charge on any atom is 0.110 e. The average Bonchev–Trinajstić information content (AvgIpc) is 2.81. The third-order valence-corrected chi connectivity index (χ3v) is 6.09. The SMILES string of the molecule is [C]1=C(N2CCCN(C3CCC3)CC2)NCC(Sc2ccccn2)=C1. The Morgan fingerprint density at radius 1 is 1.12 bits per heavy atom. The van der Waals surface area contributed by atoms with Crippen molar-refractivity contribution in [3.63, 3.8) is 0 Å². The fourth-order valence-corrected chi connectivity index (χ4v) is 4.30. The second-order valence-electron chi connectivity index (χ2n) is 6.69. The molecule has 1 radical (unpaired) electrons. The number of nitrogens with one attached hydrogen (secondary N) is 1. The molecule has 1 saturated carbocycles. The Kier molecular flexibility index (Phi) is 5.09. The maximum atomic E-state index is 4.38. The lowest BCUT2D eigenvalue weighted by atomic mass is 9.91. The quantitative estimate of drug-likeness (QED) is 0.910. The number of pyridine rings is 1. The minimum atomic E-state index is 0.864. The van der Waals surface area contributed by atoms with Crippen LogP contribution in [0.2, 0.25) is 0 Å². The fraction of sp³-hybridized carbons (Fsp3) is 0.526. The van der Waals surface area contributed by atoms with Crippen molar-refractivity contribution in [1.82, 2.24) is 20.1 Å². The Morgan fingerprint density at radius 2 is 2.08 bits per heavy atom. The topological polar surface area (TPSA) is 31.4 Å². The van der Waals surface area contributed by atoms with Gasteiger partial charge >= 0.3 is 0 Å². The van der Waals surface area contributed by atoms with E-state index in [0.29, 0.717) is 0 Å². The van der Waals surface area contributed by atoms with Crippen LogP contribution in [-0.4, -0.2) is 53.5 Å². The Bertz CT molecular complexity index is 609. The number of allylic oxidation sites excluding steroid dienone is 2. The van der Waals surface area contributed by atoms with Crippen molar-refractivity contribution in [2.45, 2.75) is 36.8 Å². The normalized spacial score (nSPS) is 22.9. The maximum absolute atomic E-state index is 4.38. The van der Waals surface area contributed by atoms with Gasteiger partial charge in [0.1, 0.15) is 10.8 Å². The van der Waals surface area contributed by atoms with Crippen LogP contribution in [0.1, 0.15) is 25.7 Å². The van der Waals surface area contributed by atoms with Crippen LogP contribution in [-0.2, 0) is 0 Å². The summed E-state index contributed by atoms with van der Waals surface area (Å²) in [7, 11) is 0. The highest BCUT2D eigenvalue weighted by Crippen LogP contribution is 2.27. The molecule has 0 unspecified atom stereocenters. The predicted octanol–water partition coefficient (Wildman–Crippen LogP) is 2.87. The molecule has 1 N–H and O–H groups in total.